The van der Waals surface area contributed by atoms with Gasteiger partial charge in [-0.1, -0.05) is 30.4 Å². The van der Waals surface area contributed by atoms with Gasteiger partial charge in [-0.3, -0.25) is 0 Å². The van der Waals surface area contributed by atoms with E-state index in [1.54, 1.807) is 0 Å². The highest BCUT2D eigenvalue weighted by Gasteiger charge is 2.29. The Hall–Kier alpha value is -2.58. The average Bonchev–Trinajstić information content (AvgIpc) is 3.01. The predicted octanol–water partition coefficient (Wildman–Crippen LogP) is 4.24. The molecule has 1 aliphatic carbocycles. The molecular weight excluding hydrogens is 304 g/mol. The van der Waals surface area contributed by atoms with Crippen molar-refractivity contribution in [2.24, 2.45) is 5.92 Å². The van der Waals surface area contributed by atoms with Crippen molar-refractivity contribution >= 4 is 5.69 Å². The van der Waals surface area contributed by atoms with Gasteiger partial charge in [-0.15, -0.1) is 12.8 Å². The summed E-state index contributed by atoms with van der Waals surface area (Å²) in [6.45, 7) is 11.5. The Morgan fingerprint density at radius 1 is 1.04 bits per heavy atom. The molecule has 0 spiro atoms. The molecule has 1 heterocycles. The van der Waals surface area contributed by atoms with Gasteiger partial charge in [0.25, 0.3) is 0 Å². The zero-order valence-corrected chi connectivity index (χ0v) is 15.7. The maximum atomic E-state index is 5.80. The first kappa shape index (κ1) is 17.2. The molecule has 1 aliphatic heterocycles. The number of rotatable bonds is 2. The highest BCUT2D eigenvalue weighted by Crippen LogP contribution is 2.35. The van der Waals surface area contributed by atoms with Gasteiger partial charge in [-0.05, 0) is 50.5 Å². The van der Waals surface area contributed by atoms with E-state index in [1.807, 2.05) is 0 Å². The number of terminal acetylenes is 2. The van der Waals surface area contributed by atoms with Gasteiger partial charge in [0, 0.05) is 35.8 Å². The van der Waals surface area contributed by atoms with Crippen molar-refractivity contribution in [3.8, 4) is 24.7 Å². The average molecular weight is 330 g/mol. The first-order chi connectivity index (χ1) is 11.9. The molecule has 0 radical (unpaired) electrons. The van der Waals surface area contributed by atoms with Crippen LogP contribution in [0.15, 0.2) is 35.1 Å². The third-order valence-electron chi connectivity index (χ3n) is 5.16. The van der Waals surface area contributed by atoms with Crippen LogP contribution < -0.4 is 4.90 Å². The predicted molar refractivity (Wildman–Crippen MR) is 106 cm³/mol. The van der Waals surface area contributed by atoms with Gasteiger partial charge in [0.15, 0.2) is 0 Å². The number of hydrogen-bond donors (Lipinski definition) is 0. The van der Waals surface area contributed by atoms with Crippen LogP contribution in [0.25, 0.3) is 0 Å². The summed E-state index contributed by atoms with van der Waals surface area (Å²) >= 11 is 0. The quantitative estimate of drug-likeness (QED) is 0.749. The monoisotopic (exact) mass is 330 g/mol. The van der Waals surface area contributed by atoms with Gasteiger partial charge in [0.2, 0.25) is 0 Å². The second-order valence-electron chi connectivity index (χ2n) is 7.33. The summed E-state index contributed by atoms with van der Waals surface area (Å²) in [5.74, 6) is 6.23. The Morgan fingerprint density at radius 2 is 1.76 bits per heavy atom. The summed E-state index contributed by atoms with van der Waals surface area (Å²) in [5.41, 5.74) is 8.34. The largest absolute Gasteiger partial charge is 0.354 e. The topological polar surface area (TPSA) is 6.48 Å². The fraction of sp³-hybridized carbons (Fsp3) is 0.391. The van der Waals surface area contributed by atoms with Crippen LogP contribution in [0.1, 0.15) is 37.0 Å². The molecule has 0 saturated carbocycles. The SMILES string of the molecule is C#CC1=C(N2CCN(c3c(C)cc(C)cc3C#C)C2)[C@@H](C)CC(C)=C1. The van der Waals surface area contributed by atoms with Crippen molar-refractivity contribution in [1.29, 1.82) is 0 Å². The summed E-state index contributed by atoms with van der Waals surface area (Å²) in [6, 6.07) is 4.31. The minimum atomic E-state index is 0.460. The number of allylic oxidation sites excluding steroid dienone is 4. The number of benzene rings is 1. The maximum absolute atomic E-state index is 5.80. The lowest BCUT2D eigenvalue weighted by Gasteiger charge is -2.32. The number of hydrogen-bond acceptors (Lipinski definition) is 2. The van der Waals surface area contributed by atoms with Crippen LogP contribution in [-0.4, -0.2) is 24.7 Å². The van der Waals surface area contributed by atoms with Crippen molar-refractivity contribution in [3.05, 3.63) is 51.7 Å². The zero-order valence-electron chi connectivity index (χ0n) is 15.7. The molecule has 1 aromatic rings. The van der Waals surface area contributed by atoms with Gasteiger partial charge in [-0.2, -0.15) is 0 Å². The molecule has 3 rings (SSSR count). The molecule has 0 bridgehead atoms. The lowest BCUT2D eigenvalue weighted by molar-refractivity contribution is 0.365. The first-order valence-electron chi connectivity index (χ1n) is 8.90. The van der Waals surface area contributed by atoms with E-state index in [2.05, 4.69) is 67.5 Å². The zero-order chi connectivity index (χ0) is 18.1. The third-order valence-corrected chi connectivity index (χ3v) is 5.16. The third kappa shape index (κ3) is 3.18. The van der Waals surface area contributed by atoms with Gasteiger partial charge >= 0.3 is 0 Å². The minimum absolute atomic E-state index is 0.460. The molecule has 2 aliphatic rings. The van der Waals surface area contributed by atoms with Crippen molar-refractivity contribution in [2.45, 2.75) is 34.1 Å². The molecule has 0 unspecified atom stereocenters. The molecule has 0 amide bonds. The fourth-order valence-electron chi connectivity index (χ4n) is 4.28. The van der Waals surface area contributed by atoms with Crippen LogP contribution in [-0.2, 0) is 0 Å². The molecule has 0 aromatic heterocycles. The van der Waals surface area contributed by atoms with E-state index in [1.165, 1.54) is 28.1 Å². The minimum Gasteiger partial charge on any atom is -0.354 e. The first-order valence-corrected chi connectivity index (χ1v) is 8.90. The molecule has 2 heteroatoms. The van der Waals surface area contributed by atoms with Crippen molar-refractivity contribution < 1.29 is 0 Å². The van der Waals surface area contributed by atoms with Crippen LogP contribution in [0, 0.1) is 44.5 Å². The molecule has 2 nitrogen and oxygen atoms in total. The van der Waals surface area contributed by atoms with Crippen LogP contribution >= 0.6 is 0 Å². The summed E-state index contributed by atoms with van der Waals surface area (Å²) in [4.78, 5) is 4.82. The van der Waals surface area contributed by atoms with Gasteiger partial charge in [0.05, 0.1) is 12.4 Å². The molecule has 1 fully saturated rings. The van der Waals surface area contributed by atoms with E-state index in [4.69, 9.17) is 12.8 Å². The van der Waals surface area contributed by atoms with E-state index in [-0.39, 0.29) is 0 Å². The Bertz CT molecular complexity index is 842. The van der Waals surface area contributed by atoms with E-state index in [0.717, 1.165) is 37.3 Å². The lowest BCUT2D eigenvalue weighted by Crippen LogP contribution is -2.30. The van der Waals surface area contributed by atoms with E-state index in [9.17, 15) is 0 Å². The summed E-state index contributed by atoms with van der Waals surface area (Å²) in [6.07, 6.45) is 14.8. The molecule has 1 atom stereocenters. The summed E-state index contributed by atoms with van der Waals surface area (Å²) in [7, 11) is 0. The summed E-state index contributed by atoms with van der Waals surface area (Å²) < 4.78 is 0. The van der Waals surface area contributed by atoms with Crippen LogP contribution in [0.2, 0.25) is 0 Å². The highest BCUT2D eigenvalue weighted by atomic mass is 15.4. The highest BCUT2D eigenvalue weighted by molar-refractivity contribution is 5.66. The smallest absolute Gasteiger partial charge is 0.0902 e. The van der Waals surface area contributed by atoms with E-state index in [0.29, 0.717) is 5.92 Å². The van der Waals surface area contributed by atoms with Gasteiger partial charge in [-0.25, -0.2) is 0 Å². The van der Waals surface area contributed by atoms with Crippen LogP contribution in [0.4, 0.5) is 5.69 Å². The molecule has 25 heavy (non-hydrogen) atoms. The Balaban J connectivity index is 1.93. The molecular formula is C23H26N2. The Labute approximate surface area is 152 Å². The molecule has 128 valence electrons. The Kier molecular flexibility index (Phi) is 4.65. The van der Waals surface area contributed by atoms with Gasteiger partial charge in [0.1, 0.15) is 0 Å². The van der Waals surface area contributed by atoms with Crippen LogP contribution in [0.5, 0.6) is 0 Å². The molecule has 1 aromatic carbocycles. The number of aryl methyl sites for hydroxylation is 2. The normalized spacial score (nSPS) is 20.4. The van der Waals surface area contributed by atoms with Gasteiger partial charge < -0.3 is 9.80 Å². The number of anilines is 1. The fourth-order valence-corrected chi connectivity index (χ4v) is 4.28. The molecule has 1 saturated heterocycles. The summed E-state index contributed by atoms with van der Waals surface area (Å²) in [5, 5.41) is 0. The molecule has 0 N–H and O–H groups in total. The van der Waals surface area contributed by atoms with E-state index >= 15 is 0 Å². The maximum Gasteiger partial charge on any atom is 0.0902 e. The van der Waals surface area contributed by atoms with Crippen LogP contribution in [0.3, 0.4) is 0 Å². The number of nitrogens with zero attached hydrogens (tertiary/aromatic N) is 2. The standard InChI is InChI=1S/C23H26N2/c1-7-20-13-16(3)11-18(5)22(20)24-9-10-25(15-24)23-19(6)12-17(4)14-21(23)8-2/h1-2,11,13-14,19H,9-10,12,15H2,3-6H3/t19-/m0/s1. The second kappa shape index (κ2) is 6.73. The second-order valence-corrected chi connectivity index (χ2v) is 7.33. The van der Waals surface area contributed by atoms with E-state index < -0.39 is 0 Å². The Morgan fingerprint density at radius 3 is 2.44 bits per heavy atom. The lowest BCUT2D eigenvalue weighted by atomic mass is 9.88. The van der Waals surface area contributed by atoms with Crippen molar-refractivity contribution in [1.82, 2.24) is 4.90 Å². The van der Waals surface area contributed by atoms with Crippen molar-refractivity contribution in [3.63, 3.8) is 0 Å². The van der Waals surface area contributed by atoms with Crippen molar-refractivity contribution in [2.75, 3.05) is 24.7 Å².